The van der Waals surface area contributed by atoms with E-state index in [4.69, 9.17) is 20.6 Å². The predicted molar refractivity (Wildman–Crippen MR) is 112 cm³/mol. The molecule has 30 heavy (non-hydrogen) atoms. The second-order valence-corrected chi connectivity index (χ2v) is 6.90. The number of benzene rings is 1. The minimum absolute atomic E-state index is 0.00549. The number of methoxy groups -OCH3 is 1. The van der Waals surface area contributed by atoms with Crippen LogP contribution in [0.2, 0.25) is 0 Å². The van der Waals surface area contributed by atoms with Crippen molar-refractivity contribution in [2.24, 2.45) is 0 Å². The van der Waals surface area contributed by atoms with Gasteiger partial charge in [-0.15, -0.1) is 0 Å². The van der Waals surface area contributed by atoms with Crippen LogP contribution in [0.4, 0.5) is 10.2 Å². The topological polar surface area (TPSA) is 114 Å². The van der Waals surface area contributed by atoms with Crippen LogP contribution in [0.25, 0.3) is 5.57 Å². The van der Waals surface area contributed by atoms with Gasteiger partial charge >= 0.3 is 0 Å². The smallest absolute Gasteiger partial charge is 0.254 e. The maximum atomic E-state index is 13.9. The van der Waals surface area contributed by atoms with Gasteiger partial charge < -0.3 is 30.8 Å². The zero-order chi connectivity index (χ0) is 22.0. The lowest BCUT2D eigenvalue weighted by Gasteiger charge is -2.25. The number of halogens is 1. The summed E-state index contributed by atoms with van der Waals surface area (Å²) in [6.45, 7) is 1.70. The summed E-state index contributed by atoms with van der Waals surface area (Å²) >= 11 is 0. The van der Waals surface area contributed by atoms with Crippen molar-refractivity contribution in [3.8, 4) is 5.75 Å². The van der Waals surface area contributed by atoms with Gasteiger partial charge in [-0.05, 0) is 31.2 Å². The summed E-state index contributed by atoms with van der Waals surface area (Å²) in [4.78, 5) is 18.7. The van der Waals surface area contributed by atoms with Crippen LogP contribution in [0.1, 0.15) is 34.5 Å². The van der Waals surface area contributed by atoms with Gasteiger partial charge in [0.2, 0.25) is 0 Å². The molecule has 1 atom stereocenters. The van der Waals surface area contributed by atoms with E-state index in [9.17, 15) is 9.18 Å². The third-order valence-electron chi connectivity index (χ3n) is 4.86. The Morgan fingerprint density at radius 1 is 1.43 bits per heavy atom. The maximum absolute atomic E-state index is 13.9. The van der Waals surface area contributed by atoms with Crippen molar-refractivity contribution in [1.29, 1.82) is 5.41 Å². The van der Waals surface area contributed by atoms with Gasteiger partial charge in [0.1, 0.15) is 11.9 Å². The van der Waals surface area contributed by atoms with Crippen LogP contribution in [-0.4, -0.2) is 49.3 Å². The van der Waals surface area contributed by atoms with Gasteiger partial charge in [0.15, 0.2) is 17.5 Å². The van der Waals surface area contributed by atoms with E-state index >= 15 is 0 Å². The lowest BCUT2D eigenvalue weighted by molar-refractivity contribution is 0.0809. The summed E-state index contributed by atoms with van der Waals surface area (Å²) in [7, 11) is 4.72. The monoisotopic (exact) mass is 413 g/mol. The molecule has 1 aliphatic heterocycles. The number of amides is 1. The number of nitrogens with one attached hydrogen (secondary N) is 2. The molecule has 158 valence electrons. The standard InChI is InChI=1S/C21H24FN5O3/c1-11-15-8-13(22)5-6-14(15)21(28)27(3)10-16(23)18(20(25-2)29-4)12-7-17(30-11)19(24)26-9-12/h5-9,11,23,25H,10H2,1-4H3,(H2,24,26)/b20-18+,23-16?. The van der Waals surface area contributed by atoms with Crippen molar-refractivity contribution in [2.75, 3.05) is 33.5 Å². The molecule has 0 spiro atoms. The van der Waals surface area contributed by atoms with Gasteiger partial charge in [-0.2, -0.15) is 0 Å². The maximum Gasteiger partial charge on any atom is 0.254 e. The number of nitrogens with two attached hydrogens (primary N) is 1. The number of hydrogen-bond donors (Lipinski definition) is 3. The first-order valence-corrected chi connectivity index (χ1v) is 9.28. The van der Waals surface area contributed by atoms with Crippen LogP contribution in [0.15, 0.2) is 36.3 Å². The highest BCUT2D eigenvalue weighted by Crippen LogP contribution is 2.32. The first-order valence-electron chi connectivity index (χ1n) is 9.28. The molecule has 4 N–H and O–H groups in total. The predicted octanol–water partition coefficient (Wildman–Crippen LogP) is 2.58. The van der Waals surface area contributed by atoms with E-state index in [2.05, 4.69) is 10.3 Å². The molecule has 1 aliphatic rings. The Hall–Kier alpha value is -3.62. The third-order valence-corrected chi connectivity index (χ3v) is 4.86. The molecule has 0 radical (unpaired) electrons. The van der Waals surface area contributed by atoms with Gasteiger partial charge in [-0.1, -0.05) is 0 Å². The van der Waals surface area contributed by atoms with Gasteiger partial charge in [-0.3, -0.25) is 4.79 Å². The Balaban J connectivity index is 2.25. The second-order valence-electron chi connectivity index (χ2n) is 6.90. The number of carbonyl (C=O) groups excluding carboxylic acids is 1. The van der Waals surface area contributed by atoms with Crippen LogP contribution in [0, 0.1) is 11.2 Å². The lowest BCUT2D eigenvalue weighted by Crippen LogP contribution is -2.34. The van der Waals surface area contributed by atoms with Crippen molar-refractivity contribution >= 4 is 23.0 Å². The first-order chi connectivity index (χ1) is 14.3. The van der Waals surface area contributed by atoms with Crippen LogP contribution in [0.3, 0.4) is 0 Å². The molecule has 2 aromatic rings. The Kier molecular flexibility index (Phi) is 5.91. The SMILES string of the molecule is CN/C(OC)=C1\C(=N)CN(C)C(=O)c2ccc(F)cc2C(C)Oc2cc1cnc2N. The molecular weight excluding hydrogens is 389 g/mol. The molecule has 0 fully saturated rings. The molecular formula is C21H24FN5O3. The van der Waals surface area contributed by atoms with Crippen molar-refractivity contribution in [3.63, 3.8) is 0 Å². The van der Waals surface area contributed by atoms with E-state index in [1.54, 1.807) is 27.1 Å². The van der Waals surface area contributed by atoms with E-state index in [1.807, 2.05) is 0 Å². The Morgan fingerprint density at radius 2 is 2.17 bits per heavy atom. The molecule has 0 saturated heterocycles. The number of nitrogens with zero attached hydrogens (tertiary/aromatic N) is 2. The fraction of sp³-hybridized carbons (Fsp3) is 0.286. The molecule has 1 amide bonds. The highest BCUT2D eigenvalue weighted by atomic mass is 19.1. The normalized spacial score (nSPS) is 18.6. The van der Waals surface area contributed by atoms with Crippen molar-refractivity contribution < 1.29 is 18.7 Å². The zero-order valence-corrected chi connectivity index (χ0v) is 17.2. The van der Waals surface area contributed by atoms with E-state index in [1.165, 1.54) is 36.4 Å². The molecule has 0 saturated carbocycles. The molecule has 1 aromatic heterocycles. The van der Waals surface area contributed by atoms with E-state index in [0.717, 1.165) is 0 Å². The minimum atomic E-state index is -0.676. The molecule has 9 heteroatoms. The van der Waals surface area contributed by atoms with Crippen molar-refractivity contribution in [2.45, 2.75) is 13.0 Å². The van der Waals surface area contributed by atoms with E-state index < -0.39 is 11.9 Å². The molecule has 1 aromatic carbocycles. The number of hydrogen-bond acceptors (Lipinski definition) is 7. The molecule has 3 rings (SSSR count). The number of ether oxygens (including phenoxy) is 2. The lowest BCUT2D eigenvalue weighted by atomic mass is 9.99. The van der Waals surface area contributed by atoms with E-state index in [-0.39, 0.29) is 35.3 Å². The summed E-state index contributed by atoms with van der Waals surface area (Å²) < 4.78 is 25.3. The average molecular weight is 413 g/mol. The molecule has 8 nitrogen and oxygen atoms in total. The van der Waals surface area contributed by atoms with Crippen molar-refractivity contribution in [3.05, 3.63) is 58.9 Å². The average Bonchev–Trinajstić information content (AvgIpc) is 2.72. The van der Waals surface area contributed by atoms with Gasteiger partial charge in [0.05, 0.1) is 24.9 Å². The minimum Gasteiger partial charge on any atom is -0.482 e. The molecule has 2 bridgehead atoms. The number of anilines is 1. The zero-order valence-electron chi connectivity index (χ0n) is 17.2. The molecule has 0 aliphatic carbocycles. The highest BCUT2D eigenvalue weighted by Gasteiger charge is 2.26. The van der Waals surface area contributed by atoms with Crippen LogP contribution >= 0.6 is 0 Å². The van der Waals surface area contributed by atoms with Crippen molar-refractivity contribution in [1.82, 2.24) is 15.2 Å². The number of fused-ring (bicyclic) bond motifs is 3. The number of rotatable bonds is 2. The summed E-state index contributed by atoms with van der Waals surface area (Å²) in [6, 6.07) is 5.56. The Morgan fingerprint density at radius 3 is 2.83 bits per heavy atom. The largest absolute Gasteiger partial charge is 0.482 e. The quantitative estimate of drug-likeness (QED) is 0.652. The third kappa shape index (κ3) is 3.91. The summed E-state index contributed by atoms with van der Waals surface area (Å²) in [5.74, 6) is -0.107. The molecule has 1 unspecified atom stereocenters. The molecule has 2 heterocycles. The van der Waals surface area contributed by atoms with Gasteiger partial charge in [-0.25, -0.2) is 9.37 Å². The van der Waals surface area contributed by atoms with Crippen LogP contribution < -0.4 is 15.8 Å². The second kappa shape index (κ2) is 8.40. The fourth-order valence-corrected chi connectivity index (χ4v) is 3.37. The summed E-state index contributed by atoms with van der Waals surface area (Å²) in [6.07, 6.45) is 0.832. The number of pyridine rings is 1. The van der Waals surface area contributed by atoms with Gasteiger partial charge in [0.25, 0.3) is 5.91 Å². The summed E-state index contributed by atoms with van der Waals surface area (Å²) in [5, 5.41) is 11.6. The van der Waals surface area contributed by atoms with Gasteiger partial charge in [0, 0.05) is 37.0 Å². The van der Waals surface area contributed by atoms with Crippen LogP contribution in [-0.2, 0) is 4.74 Å². The Labute approximate surface area is 174 Å². The summed E-state index contributed by atoms with van der Waals surface area (Å²) in [5.41, 5.74) is 7.73. The number of carbonyl (C=O) groups is 1. The highest BCUT2D eigenvalue weighted by molar-refractivity contribution is 6.24. The number of nitrogen functional groups attached to an aromatic ring is 1. The fourth-order valence-electron chi connectivity index (χ4n) is 3.37. The van der Waals surface area contributed by atoms with E-state index in [0.29, 0.717) is 22.6 Å². The Bertz CT molecular complexity index is 1030. The van der Waals surface area contributed by atoms with Crippen LogP contribution in [0.5, 0.6) is 5.75 Å². The first kappa shape index (κ1) is 21.1. The number of aromatic nitrogens is 1.